The second-order valence-corrected chi connectivity index (χ2v) is 5.35. The summed E-state index contributed by atoms with van der Waals surface area (Å²) in [5.74, 6) is -0.468. The molecular formula is C12H25NO3. The highest BCUT2D eigenvalue weighted by Gasteiger charge is 2.29. The molecule has 1 fully saturated rings. The molecule has 0 spiro atoms. The monoisotopic (exact) mass is 231 g/mol. The van der Waals surface area contributed by atoms with Crippen LogP contribution in [0.5, 0.6) is 0 Å². The highest BCUT2D eigenvalue weighted by atomic mass is 16.7. The average molecular weight is 231 g/mol. The van der Waals surface area contributed by atoms with Gasteiger partial charge in [0.05, 0.1) is 24.9 Å². The van der Waals surface area contributed by atoms with Crippen LogP contribution in [-0.2, 0) is 9.47 Å². The molecule has 2 N–H and O–H groups in total. The molecule has 1 saturated heterocycles. The lowest BCUT2D eigenvalue weighted by Gasteiger charge is -2.36. The van der Waals surface area contributed by atoms with Gasteiger partial charge < -0.3 is 19.9 Å². The van der Waals surface area contributed by atoms with Gasteiger partial charge in [0.25, 0.3) is 0 Å². The van der Waals surface area contributed by atoms with E-state index in [9.17, 15) is 5.11 Å². The minimum absolute atomic E-state index is 0.177. The van der Waals surface area contributed by atoms with E-state index in [1.807, 2.05) is 20.8 Å². The zero-order valence-corrected chi connectivity index (χ0v) is 10.9. The van der Waals surface area contributed by atoms with E-state index in [1.54, 1.807) is 0 Å². The van der Waals surface area contributed by atoms with Gasteiger partial charge in [-0.15, -0.1) is 0 Å². The number of hydrogen-bond donors (Lipinski definition) is 2. The van der Waals surface area contributed by atoms with E-state index in [0.29, 0.717) is 19.8 Å². The molecule has 0 radical (unpaired) electrons. The first-order valence-corrected chi connectivity index (χ1v) is 6.08. The highest BCUT2D eigenvalue weighted by Crippen LogP contribution is 2.17. The first kappa shape index (κ1) is 13.9. The van der Waals surface area contributed by atoms with E-state index in [-0.39, 0.29) is 6.04 Å². The van der Waals surface area contributed by atoms with Crippen LogP contribution in [-0.4, -0.2) is 42.3 Å². The second kappa shape index (κ2) is 5.45. The van der Waals surface area contributed by atoms with Gasteiger partial charge in [-0.3, -0.25) is 0 Å². The van der Waals surface area contributed by atoms with Crippen molar-refractivity contribution in [1.82, 2.24) is 5.32 Å². The molecule has 1 aliphatic heterocycles. The molecule has 0 amide bonds. The maximum atomic E-state index is 10.0. The molecule has 0 aromatic carbocycles. The van der Waals surface area contributed by atoms with Crippen LogP contribution in [0.2, 0.25) is 0 Å². The number of hydrogen-bond acceptors (Lipinski definition) is 4. The van der Waals surface area contributed by atoms with Gasteiger partial charge in [-0.2, -0.15) is 0 Å². The van der Waals surface area contributed by atoms with Gasteiger partial charge in [0.2, 0.25) is 0 Å². The van der Waals surface area contributed by atoms with Crippen molar-refractivity contribution < 1.29 is 14.6 Å². The van der Waals surface area contributed by atoms with Crippen molar-refractivity contribution in [2.24, 2.45) is 0 Å². The largest absolute Gasteiger partial charge is 0.389 e. The lowest BCUT2D eigenvalue weighted by Crippen LogP contribution is -2.52. The Balaban J connectivity index is 2.24. The summed E-state index contributed by atoms with van der Waals surface area (Å²) in [5, 5.41) is 13.3. The molecule has 1 aliphatic rings. The summed E-state index contributed by atoms with van der Waals surface area (Å²) in [4.78, 5) is 0. The van der Waals surface area contributed by atoms with Crippen molar-refractivity contribution in [2.75, 3.05) is 19.8 Å². The quantitative estimate of drug-likeness (QED) is 0.748. The van der Waals surface area contributed by atoms with E-state index in [4.69, 9.17) is 9.47 Å². The zero-order valence-electron chi connectivity index (χ0n) is 10.9. The van der Waals surface area contributed by atoms with Crippen LogP contribution in [0.1, 0.15) is 40.5 Å². The van der Waals surface area contributed by atoms with Gasteiger partial charge in [-0.1, -0.05) is 13.3 Å². The molecule has 0 aromatic heterocycles. The summed E-state index contributed by atoms with van der Waals surface area (Å²) in [6.45, 7) is 9.61. The van der Waals surface area contributed by atoms with Crippen LogP contribution in [0.4, 0.5) is 0 Å². The Kier molecular flexibility index (Phi) is 4.73. The van der Waals surface area contributed by atoms with Gasteiger partial charge >= 0.3 is 0 Å². The smallest absolute Gasteiger partial charge is 0.162 e. The molecule has 0 aliphatic carbocycles. The van der Waals surface area contributed by atoms with Crippen LogP contribution in [0, 0.1) is 0 Å². The number of aliphatic hydroxyl groups is 1. The Hall–Kier alpha value is -0.160. The Morgan fingerprint density at radius 1 is 1.38 bits per heavy atom. The first-order chi connectivity index (χ1) is 7.35. The van der Waals surface area contributed by atoms with Gasteiger partial charge in [0.15, 0.2) is 5.79 Å². The van der Waals surface area contributed by atoms with Gasteiger partial charge in [0.1, 0.15) is 0 Å². The van der Waals surface area contributed by atoms with Crippen LogP contribution in [0.25, 0.3) is 0 Å². The van der Waals surface area contributed by atoms with Gasteiger partial charge in [-0.25, -0.2) is 0 Å². The summed E-state index contributed by atoms with van der Waals surface area (Å²) in [6, 6.07) is 0.177. The van der Waals surface area contributed by atoms with E-state index >= 15 is 0 Å². The molecular weight excluding hydrogens is 206 g/mol. The van der Waals surface area contributed by atoms with E-state index in [2.05, 4.69) is 12.2 Å². The fourth-order valence-electron chi connectivity index (χ4n) is 1.80. The molecule has 0 aromatic rings. The summed E-state index contributed by atoms with van der Waals surface area (Å²) < 4.78 is 11.1. The molecule has 4 nitrogen and oxygen atoms in total. The second-order valence-electron chi connectivity index (χ2n) is 5.35. The molecule has 1 unspecified atom stereocenters. The van der Waals surface area contributed by atoms with E-state index in [0.717, 1.165) is 12.8 Å². The van der Waals surface area contributed by atoms with Crippen molar-refractivity contribution >= 4 is 0 Å². The SMILES string of the molecule is CCCC(C)(O)CNC1COC(C)(C)OC1. The van der Waals surface area contributed by atoms with Crippen LogP contribution < -0.4 is 5.32 Å². The lowest BCUT2D eigenvalue weighted by molar-refractivity contribution is -0.253. The number of nitrogens with one attached hydrogen (secondary N) is 1. The summed E-state index contributed by atoms with van der Waals surface area (Å²) in [5.41, 5.74) is -0.637. The van der Waals surface area contributed by atoms with Crippen molar-refractivity contribution in [3.63, 3.8) is 0 Å². The lowest BCUT2D eigenvalue weighted by atomic mass is 10.0. The average Bonchev–Trinajstić information content (AvgIpc) is 2.16. The summed E-state index contributed by atoms with van der Waals surface area (Å²) in [7, 11) is 0. The predicted octanol–water partition coefficient (Wildman–Crippen LogP) is 1.28. The summed E-state index contributed by atoms with van der Waals surface area (Å²) in [6.07, 6.45) is 1.79. The fourth-order valence-corrected chi connectivity index (χ4v) is 1.80. The Labute approximate surface area is 98.3 Å². The molecule has 0 bridgehead atoms. The Bertz CT molecular complexity index is 206. The van der Waals surface area contributed by atoms with Gasteiger partial charge in [-0.05, 0) is 27.2 Å². The number of rotatable bonds is 5. The summed E-state index contributed by atoms with van der Waals surface area (Å²) >= 11 is 0. The third-order valence-corrected chi connectivity index (χ3v) is 2.82. The normalized spacial score (nSPS) is 25.3. The predicted molar refractivity (Wildman–Crippen MR) is 63.3 cm³/mol. The van der Waals surface area contributed by atoms with Crippen molar-refractivity contribution in [1.29, 1.82) is 0 Å². The zero-order chi connectivity index (χ0) is 12.2. The molecule has 16 heavy (non-hydrogen) atoms. The first-order valence-electron chi connectivity index (χ1n) is 6.08. The van der Waals surface area contributed by atoms with Crippen molar-refractivity contribution in [2.45, 2.75) is 58.0 Å². The fraction of sp³-hybridized carbons (Fsp3) is 1.00. The van der Waals surface area contributed by atoms with E-state index < -0.39 is 11.4 Å². The molecule has 96 valence electrons. The Morgan fingerprint density at radius 3 is 2.44 bits per heavy atom. The van der Waals surface area contributed by atoms with Crippen LogP contribution in [0.15, 0.2) is 0 Å². The topological polar surface area (TPSA) is 50.7 Å². The minimum Gasteiger partial charge on any atom is -0.389 e. The molecule has 0 saturated carbocycles. The van der Waals surface area contributed by atoms with Crippen LogP contribution in [0.3, 0.4) is 0 Å². The Morgan fingerprint density at radius 2 is 1.94 bits per heavy atom. The van der Waals surface area contributed by atoms with Gasteiger partial charge in [0, 0.05) is 6.54 Å². The highest BCUT2D eigenvalue weighted by molar-refractivity contribution is 4.80. The molecule has 4 heteroatoms. The molecule has 1 heterocycles. The number of ether oxygens (including phenoxy) is 2. The van der Waals surface area contributed by atoms with Crippen LogP contribution >= 0.6 is 0 Å². The minimum atomic E-state index is -0.637. The maximum absolute atomic E-state index is 10.0. The molecule has 1 atom stereocenters. The van der Waals surface area contributed by atoms with Crippen molar-refractivity contribution in [3.8, 4) is 0 Å². The standard InChI is InChI=1S/C12H25NO3/c1-5-6-12(4,14)9-13-10-7-15-11(2,3)16-8-10/h10,13-14H,5-9H2,1-4H3. The third kappa shape index (κ3) is 4.78. The maximum Gasteiger partial charge on any atom is 0.162 e. The third-order valence-electron chi connectivity index (χ3n) is 2.82. The van der Waals surface area contributed by atoms with E-state index in [1.165, 1.54) is 0 Å². The van der Waals surface area contributed by atoms with Crippen molar-refractivity contribution in [3.05, 3.63) is 0 Å². The molecule has 1 rings (SSSR count).